The quantitative estimate of drug-likeness (QED) is 0.296. The summed E-state index contributed by atoms with van der Waals surface area (Å²) in [6, 6.07) is 14.7. The number of piperidine rings is 1. The van der Waals surface area contributed by atoms with Crippen molar-refractivity contribution in [2.45, 2.75) is 38.3 Å². The van der Waals surface area contributed by atoms with Crippen molar-refractivity contribution in [3.63, 3.8) is 0 Å². The maximum Gasteiger partial charge on any atom is 0.264 e. The first-order valence-corrected chi connectivity index (χ1v) is 14.2. The number of hydrogen-bond acceptors (Lipinski definition) is 6. The molecule has 218 valence electrons. The highest BCUT2D eigenvalue weighted by molar-refractivity contribution is 6.08. The molecule has 2 heterocycles. The van der Waals surface area contributed by atoms with E-state index in [-0.39, 0.29) is 43.8 Å². The average Bonchev–Trinajstić information content (AvgIpc) is 3.20. The molecule has 0 aliphatic carbocycles. The zero-order chi connectivity index (χ0) is 29.4. The molecule has 0 aromatic heterocycles. The van der Waals surface area contributed by atoms with Gasteiger partial charge in [-0.05, 0) is 43.1 Å². The zero-order valence-electron chi connectivity index (χ0n) is 23.6. The van der Waals surface area contributed by atoms with E-state index in [4.69, 9.17) is 0 Å². The van der Waals surface area contributed by atoms with Crippen LogP contribution in [0.4, 0.5) is 11.4 Å². The van der Waals surface area contributed by atoms with Crippen molar-refractivity contribution in [2.75, 3.05) is 43.0 Å². The van der Waals surface area contributed by atoms with Gasteiger partial charge in [-0.25, -0.2) is 0 Å². The van der Waals surface area contributed by atoms with Gasteiger partial charge in [0.15, 0.2) is 5.60 Å². The second kappa shape index (κ2) is 13.7. The van der Waals surface area contributed by atoms with E-state index in [0.717, 1.165) is 24.9 Å². The maximum absolute atomic E-state index is 13.6. The molecular formula is C32H40N4O5. The highest BCUT2D eigenvalue weighted by Gasteiger charge is 2.52. The van der Waals surface area contributed by atoms with Gasteiger partial charge >= 0.3 is 0 Å². The third kappa shape index (κ3) is 6.75. The first-order valence-electron chi connectivity index (χ1n) is 14.2. The lowest BCUT2D eigenvalue weighted by atomic mass is 9.82. The Morgan fingerprint density at radius 3 is 2.73 bits per heavy atom. The van der Waals surface area contributed by atoms with Crippen molar-refractivity contribution in [3.05, 3.63) is 84.5 Å². The van der Waals surface area contributed by atoms with Crippen LogP contribution in [0, 0.1) is 11.8 Å². The molecule has 2 aromatic rings. The third-order valence-corrected chi connectivity index (χ3v) is 7.83. The molecule has 0 saturated carbocycles. The van der Waals surface area contributed by atoms with Crippen LogP contribution in [0.2, 0.25) is 0 Å². The average molecular weight is 561 g/mol. The minimum Gasteiger partial charge on any atom is -0.395 e. The van der Waals surface area contributed by atoms with Gasteiger partial charge in [-0.3, -0.25) is 14.4 Å². The summed E-state index contributed by atoms with van der Waals surface area (Å²) >= 11 is 0. The van der Waals surface area contributed by atoms with Gasteiger partial charge in [-0.15, -0.1) is 6.58 Å². The molecule has 1 saturated heterocycles. The summed E-state index contributed by atoms with van der Waals surface area (Å²) in [5.41, 5.74) is 0.540. The molecule has 4 rings (SSSR count). The number of aliphatic hydroxyl groups is 2. The van der Waals surface area contributed by atoms with Gasteiger partial charge in [0.2, 0.25) is 11.8 Å². The normalized spacial score (nSPS) is 21.0. The highest BCUT2D eigenvalue weighted by atomic mass is 16.3. The van der Waals surface area contributed by atoms with Crippen LogP contribution in [-0.2, 0) is 26.5 Å². The number of carbonyl (C=O) groups is 3. The van der Waals surface area contributed by atoms with E-state index in [0.29, 0.717) is 30.0 Å². The van der Waals surface area contributed by atoms with Crippen molar-refractivity contribution in [1.29, 1.82) is 0 Å². The van der Waals surface area contributed by atoms with Crippen molar-refractivity contribution in [1.82, 2.24) is 10.2 Å². The van der Waals surface area contributed by atoms with Crippen LogP contribution in [-0.4, -0.2) is 65.6 Å². The lowest BCUT2D eigenvalue weighted by molar-refractivity contribution is -0.139. The topological polar surface area (TPSA) is 122 Å². The van der Waals surface area contributed by atoms with Crippen LogP contribution < -0.4 is 15.5 Å². The molecule has 1 unspecified atom stereocenters. The van der Waals surface area contributed by atoms with Crippen molar-refractivity contribution in [2.24, 2.45) is 11.8 Å². The predicted molar refractivity (Wildman–Crippen MR) is 159 cm³/mol. The van der Waals surface area contributed by atoms with Crippen LogP contribution in [0.25, 0.3) is 0 Å². The summed E-state index contributed by atoms with van der Waals surface area (Å²) < 4.78 is 0. The Balaban J connectivity index is 1.51. The predicted octanol–water partition coefficient (Wildman–Crippen LogP) is 2.95. The Labute approximate surface area is 241 Å². The number of hydrogen-bond donors (Lipinski definition) is 4. The molecule has 9 nitrogen and oxygen atoms in total. The monoisotopic (exact) mass is 560 g/mol. The van der Waals surface area contributed by atoms with E-state index in [9.17, 15) is 24.6 Å². The molecular weight excluding hydrogens is 520 g/mol. The fraction of sp³-hybridized carbons (Fsp3) is 0.406. The molecule has 3 atom stereocenters. The summed E-state index contributed by atoms with van der Waals surface area (Å²) in [5, 5.41) is 27.6. The highest BCUT2D eigenvalue weighted by Crippen LogP contribution is 2.46. The molecule has 4 N–H and O–H groups in total. The zero-order valence-corrected chi connectivity index (χ0v) is 23.6. The van der Waals surface area contributed by atoms with E-state index >= 15 is 0 Å². The molecule has 1 fully saturated rings. The number of benzene rings is 2. The van der Waals surface area contributed by atoms with E-state index in [1.807, 2.05) is 30.3 Å². The van der Waals surface area contributed by atoms with Gasteiger partial charge in [0.05, 0.1) is 18.2 Å². The molecule has 2 aliphatic heterocycles. The van der Waals surface area contributed by atoms with Gasteiger partial charge in [0.25, 0.3) is 5.91 Å². The first kappa shape index (κ1) is 30.2. The smallest absolute Gasteiger partial charge is 0.264 e. The van der Waals surface area contributed by atoms with Gasteiger partial charge in [0.1, 0.15) is 0 Å². The fourth-order valence-electron chi connectivity index (χ4n) is 5.51. The summed E-state index contributed by atoms with van der Waals surface area (Å²) in [7, 11) is 0. The van der Waals surface area contributed by atoms with E-state index in [2.05, 4.69) is 17.2 Å². The summed E-state index contributed by atoms with van der Waals surface area (Å²) in [6.45, 7) is 7.65. The molecule has 2 aromatic carbocycles. The van der Waals surface area contributed by atoms with Crippen LogP contribution in [0.1, 0.15) is 37.3 Å². The number of rotatable bonds is 12. The molecule has 2 aliphatic rings. The minimum atomic E-state index is -1.89. The Bertz CT molecular complexity index is 1270. The van der Waals surface area contributed by atoms with Gasteiger partial charge in [-0.1, -0.05) is 55.5 Å². The van der Waals surface area contributed by atoms with Gasteiger partial charge < -0.3 is 30.6 Å². The van der Waals surface area contributed by atoms with E-state index < -0.39 is 17.4 Å². The lowest BCUT2D eigenvalue weighted by Gasteiger charge is -2.28. The van der Waals surface area contributed by atoms with E-state index in [1.54, 1.807) is 48.3 Å². The van der Waals surface area contributed by atoms with Crippen LogP contribution >= 0.6 is 0 Å². The molecule has 0 spiro atoms. The van der Waals surface area contributed by atoms with Crippen molar-refractivity contribution >= 4 is 29.1 Å². The number of carbonyl (C=O) groups excluding carboxylic acids is 3. The summed E-state index contributed by atoms with van der Waals surface area (Å²) in [5.74, 6) is -1.57. The van der Waals surface area contributed by atoms with Gasteiger partial charge in [0, 0.05) is 49.8 Å². The number of nitrogens with one attached hydrogen (secondary N) is 2. The lowest BCUT2D eigenvalue weighted by Crippen LogP contribution is -2.44. The van der Waals surface area contributed by atoms with Crippen LogP contribution in [0.15, 0.2) is 73.3 Å². The van der Waals surface area contributed by atoms with Crippen molar-refractivity contribution < 1.29 is 24.6 Å². The number of anilines is 2. The number of aliphatic hydroxyl groups excluding tert-OH is 1. The number of nitrogens with zero attached hydrogens (tertiary/aromatic N) is 2. The van der Waals surface area contributed by atoms with Crippen LogP contribution in [0.5, 0.6) is 0 Å². The molecule has 0 bridgehead atoms. The third-order valence-electron chi connectivity index (χ3n) is 7.83. The summed E-state index contributed by atoms with van der Waals surface area (Å²) in [6.07, 6.45) is 6.72. The minimum absolute atomic E-state index is 0.0518. The molecule has 41 heavy (non-hydrogen) atoms. The largest absolute Gasteiger partial charge is 0.395 e. The van der Waals surface area contributed by atoms with Gasteiger partial charge in [-0.2, -0.15) is 0 Å². The SMILES string of the molecule is C=CCN1C(=O)[C@@](O)([C@@H](C)/C=C/CC(=O)N(CCO)Cc2ccccc2)c2cc(NC(=O)C3CCCNC3)ccc21. The van der Waals surface area contributed by atoms with Crippen molar-refractivity contribution in [3.8, 4) is 0 Å². The second-order valence-electron chi connectivity index (χ2n) is 10.7. The Kier molecular flexibility index (Phi) is 10.1. The molecule has 3 amide bonds. The Morgan fingerprint density at radius 1 is 1.27 bits per heavy atom. The fourth-order valence-corrected chi connectivity index (χ4v) is 5.51. The Morgan fingerprint density at radius 2 is 2.05 bits per heavy atom. The molecule has 0 radical (unpaired) electrons. The van der Waals surface area contributed by atoms with E-state index in [1.165, 1.54) is 4.90 Å². The van der Waals surface area contributed by atoms with Crippen LogP contribution in [0.3, 0.4) is 0 Å². The maximum atomic E-state index is 13.6. The number of amides is 3. The Hall–Kier alpha value is -3.79. The first-order chi connectivity index (χ1) is 19.8. The molecule has 9 heteroatoms. The second-order valence-corrected chi connectivity index (χ2v) is 10.7. The standard InChI is InChI=1S/C32H40N4O5/c1-3-17-36-28-15-14-26(34-30(39)25-12-8-16-33-21-25)20-27(28)32(41,31(36)40)23(2)9-7-13-29(38)35(18-19-37)22-24-10-5-4-6-11-24/h3-7,9-11,14-15,20,23,25,33,37,41H,1,8,12-13,16-19,21-22H2,2H3,(H,34,39)/b9-7+/t23-,25?,32+/m0/s1. The summed E-state index contributed by atoms with van der Waals surface area (Å²) in [4.78, 5) is 42.5. The number of fused-ring (bicyclic) bond motifs is 1.